The molecular formula is C21H22N6O. The van der Waals surface area contributed by atoms with Crippen LogP contribution in [-0.4, -0.2) is 32.7 Å². The Morgan fingerprint density at radius 2 is 1.82 bits per heavy atom. The molecule has 1 aliphatic rings. The van der Waals surface area contributed by atoms with Crippen LogP contribution in [0.4, 0.5) is 11.8 Å². The molecule has 1 atom stereocenters. The van der Waals surface area contributed by atoms with Crippen LogP contribution in [0.2, 0.25) is 0 Å². The monoisotopic (exact) mass is 374 g/mol. The average molecular weight is 374 g/mol. The van der Waals surface area contributed by atoms with Crippen molar-refractivity contribution < 1.29 is 4.74 Å². The van der Waals surface area contributed by atoms with Crippen LogP contribution >= 0.6 is 0 Å². The maximum absolute atomic E-state index is 6.02. The Labute approximate surface area is 162 Å². The third-order valence-corrected chi connectivity index (χ3v) is 5.58. The molecule has 1 saturated heterocycles. The van der Waals surface area contributed by atoms with Crippen LogP contribution in [0.25, 0.3) is 27.6 Å². The lowest BCUT2D eigenvalue weighted by molar-refractivity contribution is 0.193. The van der Waals surface area contributed by atoms with Gasteiger partial charge in [0.05, 0.1) is 23.2 Å². The van der Waals surface area contributed by atoms with Gasteiger partial charge in [-0.1, -0.05) is 0 Å². The molecule has 5 rings (SSSR count). The number of ether oxygens (including phenoxy) is 1. The van der Waals surface area contributed by atoms with Gasteiger partial charge in [-0.25, -0.2) is 9.97 Å². The summed E-state index contributed by atoms with van der Waals surface area (Å²) < 4.78 is 7.86. The standard InChI is InChI=1S/C21H22N6O/c1-11-7-17-18(8-12(11)2)27(20(24-17)13-5-6-28-10-13)14-3-4-15-16(9-14)25-21(23)26-19(15)22/h3-4,7-9,13H,5-6,10H2,1-2H3,(H4,22,23,25,26). The van der Waals surface area contributed by atoms with E-state index in [1.54, 1.807) is 0 Å². The Morgan fingerprint density at radius 3 is 2.61 bits per heavy atom. The van der Waals surface area contributed by atoms with Crippen molar-refractivity contribution in [3.05, 3.63) is 47.3 Å². The number of nitrogen functional groups attached to an aromatic ring is 2. The molecule has 142 valence electrons. The fourth-order valence-electron chi connectivity index (χ4n) is 3.93. The zero-order valence-corrected chi connectivity index (χ0v) is 15.9. The molecule has 1 aliphatic heterocycles. The summed E-state index contributed by atoms with van der Waals surface area (Å²) in [4.78, 5) is 13.4. The Balaban J connectivity index is 1.80. The molecule has 3 heterocycles. The molecule has 0 amide bonds. The molecular weight excluding hydrogens is 352 g/mol. The number of benzene rings is 2. The summed E-state index contributed by atoms with van der Waals surface area (Å²) in [5, 5.41) is 0.792. The van der Waals surface area contributed by atoms with Crippen LogP contribution in [0.15, 0.2) is 30.3 Å². The van der Waals surface area contributed by atoms with Gasteiger partial charge in [0.25, 0.3) is 0 Å². The van der Waals surface area contributed by atoms with Crippen LogP contribution in [0.3, 0.4) is 0 Å². The largest absolute Gasteiger partial charge is 0.383 e. The molecule has 2 aromatic carbocycles. The second-order valence-electron chi connectivity index (χ2n) is 7.46. The van der Waals surface area contributed by atoms with Gasteiger partial charge in [-0.3, -0.25) is 4.57 Å². The third-order valence-electron chi connectivity index (χ3n) is 5.58. The van der Waals surface area contributed by atoms with Crippen LogP contribution < -0.4 is 11.5 Å². The minimum absolute atomic E-state index is 0.175. The minimum atomic E-state index is 0.175. The summed E-state index contributed by atoms with van der Waals surface area (Å²) in [6.07, 6.45) is 0.969. The number of anilines is 2. The van der Waals surface area contributed by atoms with E-state index in [0.717, 1.165) is 46.5 Å². The van der Waals surface area contributed by atoms with E-state index in [4.69, 9.17) is 21.2 Å². The highest BCUT2D eigenvalue weighted by Gasteiger charge is 2.25. The molecule has 0 bridgehead atoms. The van der Waals surface area contributed by atoms with Crippen LogP contribution in [0.5, 0.6) is 0 Å². The molecule has 0 radical (unpaired) electrons. The predicted octanol–water partition coefficient (Wildman–Crippen LogP) is 3.25. The normalized spacial score (nSPS) is 17.0. The summed E-state index contributed by atoms with van der Waals surface area (Å²) in [5.41, 5.74) is 18.1. The highest BCUT2D eigenvalue weighted by atomic mass is 16.5. The van der Waals surface area contributed by atoms with Gasteiger partial charge in [-0.05, 0) is 61.7 Å². The first-order chi connectivity index (χ1) is 13.5. The molecule has 4 aromatic rings. The Morgan fingerprint density at radius 1 is 1.00 bits per heavy atom. The maximum atomic E-state index is 6.02. The number of hydrogen-bond acceptors (Lipinski definition) is 6. The molecule has 7 nitrogen and oxygen atoms in total. The SMILES string of the molecule is Cc1cc2nc(C3CCOC3)n(-c3ccc4c(N)nc(N)nc4c3)c2cc1C. The molecule has 2 aromatic heterocycles. The Kier molecular flexibility index (Phi) is 3.73. The lowest BCUT2D eigenvalue weighted by Crippen LogP contribution is -2.08. The first-order valence-corrected chi connectivity index (χ1v) is 9.42. The molecule has 1 fully saturated rings. The molecule has 28 heavy (non-hydrogen) atoms. The van der Waals surface area contributed by atoms with Crippen molar-refractivity contribution in [3.63, 3.8) is 0 Å². The van der Waals surface area contributed by atoms with E-state index in [1.165, 1.54) is 11.1 Å². The first kappa shape index (κ1) is 16.9. The van der Waals surface area contributed by atoms with E-state index in [9.17, 15) is 0 Å². The van der Waals surface area contributed by atoms with Crippen molar-refractivity contribution >= 4 is 33.7 Å². The van der Waals surface area contributed by atoms with Gasteiger partial charge >= 0.3 is 0 Å². The minimum Gasteiger partial charge on any atom is -0.383 e. The number of aromatic nitrogens is 4. The quantitative estimate of drug-likeness (QED) is 0.558. The third kappa shape index (κ3) is 2.58. The van der Waals surface area contributed by atoms with Gasteiger partial charge in [0.1, 0.15) is 11.6 Å². The highest BCUT2D eigenvalue weighted by Crippen LogP contribution is 2.33. The topological polar surface area (TPSA) is 105 Å². The van der Waals surface area contributed by atoms with Crippen molar-refractivity contribution in [2.24, 2.45) is 0 Å². The van der Waals surface area contributed by atoms with E-state index < -0.39 is 0 Å². The fraction of sp³-hybridized carbons (Fsp3) is 0.286. The number of imidazole rings is 1. The summed E-state index contributed by atoms with van der Waals surface area (Å²) in [7, 11) is 0. The number of aryl methyl sites for hydroxylation is 2. The van der Waals surface area contributed by atoms with Crippen LogP contribution in [0.1, 0.15) is 29.3 Å². The maximum Gasteiger partial charge on any atom is 0.222 e. The van der Waals surface area contributed by atoms with Gasteiger partial charge in [0, 0.05) is 23.6 Å². The number of nitrogens with two attached hydrogens (primary N) is 2. The Hall–Kier alpha value is -3.19. The Bertz CT molecular complexity index is 1220. The van der Waals surface area contributed by atoms with Crippen molar-refractivity contribution in [1.82, 2.24) is 19.5 Å². The second kappa shape index (κ2) is 6.17. The lowest BCUT2D eigenvalue weighted by atomic mass is 10.1. The number of rotatable bonds is 2. The van der Waals surface area contributed by atoms with E-state index in [1.807, 2.05) is 18.2 Å². The van der Waals surface area contributed by atoms with Gasteiger partial charge in [-0.2, -0.15) is 4.98 Å². The van der Waals surface area contributed by atoms with Crippen molar-refractivity contribution in [2.45, 2.75) is 26.2 Å². The van der Waals surface area contributed by atoms with Gasteiger partial charge in [0.15, 0.2) is 0 Å². The van der Waals surface area contributed by atoms with Gasteiger partial charge in [-0.15, -0.1) is 0 Å². The van der Waals surface area contributed by atoms with Crippen molar-refractivity contribution in [2.75, 3.05) is 24.7 Å². The zero-order chi connectivity index (χ0) is 19.4. The van der Waals surface area contributed by atoms with E-state index in [2.05, 4.69) is 40.5 Å². The summed E-state index contributed by atoms with van der Waals surface area (Å²) >= 11 is 0. The fourth-order valence-corrected chi connectivity index (χ4v) is 3.93. The zero-order valence-electron chi connectivity index (χ0n) is 15.9. The van der Waals surface area contributed by atoms with E-state index in [0.29, 0.717) is 12.4 Å². The number of hydrogen-bond donors (Lipinski definition) is 2. The van der Waals surface area contributed by atoms with Crippen LogP contribution in [0, 0.1) is 13.8 Å². The second-order valence-corrected chi connectivity index (χ2v) is 7.46. The molecule has 7 heteroatoms. The average Bonchev–Trinajstić information content (AvgIpc) is 3.29. The van der Waals surface area contributed by atoms with E-state index in [-0.39, 0.29) is 11.9 Å². The molecule has 0 spiro atoms. The molecule has 4 N–H and O–H groups in total. The highest BCUT2D eigenvalue weighted by molar-refractivity contribution is 5.91. The summed E-state index contributed by atoms with van der Waals surface area (Å²) in [6, 6.07) is 10.3. The summed E-state index contributed by atoms with van der Waals surface area (Å²) in [6.45, 7) is 5.70. The van der Waals surface area contributed by atoms with Gasteiger partial charge < -0.3 is 16.2 Å². The van der Waals surface area contributed by atoms with E-state index >= 15 is 0 Å². The van der Waals surface area contributed by atoms with Crippen LogP contribution in [-0.2, 0) is 4.74 Å². The van der Waals surface area contributed by atoms with Gasteiger partial charge in [0.2, 0.25) is 5.95 Å². The predicted molar refractivity (Wildman–Crippen MR) is 111 cm³/mol. The number of nitrogens with zero attached hydrogens (tertiary/aromatic N) is 4. The van der Waals surface area contributed by atoms with Crippen molar-refractivity contribution in [3.8, 4) is 5.69 Å². The molecule has 1 unspecified atom stereocenters. The van der Waals surface area contributed by atoms with Crippen molar-refractivity contribution in [1.29, 1.82) is 0 Å². The lowest BCUT2D eigenvalue weighted by Gasteiger charge is -2.14. The summed E-state index contributed by atoms with van der Waals surface area (Å²) in [5.74, 6) is 1.85. The molecule has 0 aliphatic carbocycles. The molecule has 0 saturated carbocycles. The first-order valence-electron chi connectivity index (χ1n) is 9.42. The smallest absolute Gasteiger partial charge is 0.222 e. The number of fused-ring (bicyclic) bond motifs is 2.